The minimum Gasteiger partial charge on any atom is -0.480 e. The minimum atomic E-state index is -1.21. The third-order valence-corrected chi connectivity index (χ3v) is 6.68. The van der Waals surface area contributed by atoms with Gasteiger partial charge in [-0.1, -0.05) is 32.0 Å². The van der Waals surface area contributed by atoms with E-state index in [1.54, 1.807) is 13.8 Å². The van der Waals surface area contributed by atoms with Crippen molar-refractivity contribution < 1.29 is 24.3 Å². The first-order chi connectivity index (χ1) is 16.6. The number of aromatic amines is 1. The third kappa shape index (κ3) is 6.15. The smallest absolute Gasteiger partial charge is 0.327 e. The van der Waals surface area contributed by atoms with Crippen LogP contribution in [-0.4, -0.2) is 75.1 Å². The molecule has 1 saturated heterocycles. The van der Waals surface area contributed by atoms with E-state index >= 15 is 0 Å². The van der Waals surface area contributed by atoms with E-state index in [-0.39, 0.29) is 17.6 Å². The molecule has 190 valence electrons. The highest BCUT2D eigenvalue weighted by Gasteiger charge is 2.38. The summed E-state index contributed by atoms with van der Waals surface area (Å²) in [7, 11) is 0. The molecule has 35 heavy (non-hydrogen) atoms. The largest absolute Gasteiger partial charge is 0.480 e. The highest BCUT2D eigenvalue weighted by molar-refractivity contribution is 7.80. The number of amides is 3. The number of thiol groups is 1. The third-order valence-electron chi connectivity index (χ3n) is 6.31. The summed E-state index contributed by atoms with van der Waals surface area (Å²) in [5, 5.41) is 15.3. The lowest BCUT2D eigenvalue weighted by molar-refractivity contribution is -0.143. The number of fused-ring (bicyclic) bond motifs is 1. The number of rotatable bonds is 10. The lowest BCUT2D eigenvalue weighted by Gasteiger charge is -2.29. The fraction of sp³-hybridized carbons (Fsp3) is 0.500. The van der Waals surface area contributed by atoms with Crippen molar-refractivity contribution in [3.05, 3.63) is 36.0 Å². The first-order valence-corrected chi connectivity index (χ1v) is 12.3. The molecular weight excluding hydrogens is 470 g/mol. The molecular formula is C24H33N5O5S. The molecule has 3 rings (SSSR count). The van der Waals surface area contributed by atoms with E-state index < -0.39 is 42.0 Å². The quantitative estimate of drug-likeness (QED) is 0.262. The Morgan fingerprint density at radius 3 is 2.60 bits per heavy atom. The standard InChI is InChI=1S/C24H33N5O5S/c1-13(2)20(22(31)27-18(12-35)24(33)34)28-21(30)19-8-5-9-29(19)23(32)16(25)10-14-11-26-17-7-4-3-6-15(14)17/h3-4,6-7,11,13,16,18-20,26,35H,5,8-10,12,25H2,1-2H3,(H,27,31)(H,28,30)(H,33,34). The first-order valence-electron chi connectivity index (χ1n) is 11.7. The van der Waals surface area contributed by atoms with Gasteiger partial charge in [-0.15, -0.1) is 0 Å². The molecule has 2 heterocycles. The molecule has 1 aromatic heterocycles. The van der Waals surface area contributed by atoms with Crippen molar-refractivity contribution in [2.24, 2.45) is 11.7 Å². The van der Waals surface area contributed by atoms with Crippen molar-refractivity contribution in [2.75, 3.05) is 12.3 Å². The maximum absolute atomic E-state index is 13.2. The molecule has 11 heteroatoms. The number of nitrogens with one attached hydrogen (secondary N) is 3. The zero-order valence-electron chi connectivity index (χ0n) is 19.9. The fourth-order valence-corrected chi connectivity index (χ4v) is 4.62. The van der Waals surface area contributed by atoms with E-state index in [0.29, 0.717) is 25.8 Å². The molecule has 1 aliphatic heterocycles. The van der Waals surface area contributed by atoms with Crippen molar-refractivity contribution in [3.63, 3.8) is 0 Å². The summed E-state index contributed by atoms with van der Waals surface area (Å²) in [6.45, 7) is 3.89. The van der Waals surface area contributed by atoms with E-state index in [9.17, 15) is 24.3 Å². The molecule has 1 aromatic carbocycles. The van der Waals surface area contributed by atoms with Gasteiger partial charge in [0, 0.05) is 29.4 Å². The number of H-pyrrole nitrogens is 1. The normalized spacial score (nSPS) is 18.3. The van der Waals surface area contributed by atoms with Crippen molar-refractivity contribution in [3.8, 4) is 0 Å². The molecule has 4 unspecified atom stereocenters. The van der Waals surface area contributed by atoms with Crippen LogP contribution in [0.15, 0.2) is 30.5 Å². The Bertz CT molecular complexity index is 1090. The molecule has 6 N–H and O–H groups in total. The van der Waals surface area contributed by atoms with Gasteiger partial charge in [0.25, 0.3) is 0 Å². The number of hydrogen-bond donors (Lipinski definition) is 6. The van der Waals surface area contributed by atoms with E-state index in [1.165, 1.54) is 4.90 Å². The number of carboxylic acid groups (broad SMARTS) is 1. The van der Waals surface area contributed by atoms with Crippen LogP contribution >= 0.6 is 12.6 Å². The number of hydrogen-bond acceptors (Lipinski definition) is 6. The van der Waals surface area contributed by atoms with Crippen LogP contribution in [0.2, 0.25) is 0 Å². The minimum absolute atomic E-state index is 0.0843. The second kappa shape index (κ2) is 11.6. The Morgan fingerprint density at radius 1 is 1.23 bits per heavy atom. The number of nitrogens with two attached hydrogens (primary N) is 1. The van der Waals surface area contributed by atoms with Crippen LogP contribution < -0.4 is 16.4 Å². The van der Waals surface area contributed by atoms with Crippen LogP contribution in [-0.2, 0) is 25.6 Å². The summed E-state index contributed by atoms with van der Waals surface area (Å²) < 4.78 is 0. The monoisotopic (exact) mass is 503 g/mol. The van der Waals surface area contributed by atoms with Crippen LogP contribution in [0.4, 0.5) is 0 Å². The Kier molecular flexibility index (Phi) is 8.79. The van der Waals surface area contributed by atoms with Crippen LogP contribution in [0.5, 0.6) is 0 Å². The van der Waals surface area contributed by atoms with Gasteiger partial charge < -0.3 is 31.4 Å². The van der Waals surface area contributed by atoms with Gasteiger partial charge in [0.15, 0.2) is 0 Å². The van der Waals surface area contributed by atoms with Crippen molar-refractivity contribution >= 4 is 47.2 Å². The number of carbonyl (C=O) groups is 4. The van der Waals surface area contributed by atoms with Gasteiger partial charge in [0.05, 0.1) is 6.04 Å². The number of aliphatic carboxylic acids is 1. The number of carbonyl (C=O) groups excluding carboxylic acids is 3. The van der Waals surface area contributed by atoms with Crippen molar-refractivity contribution in [1.29, 1.82) is 0 Å². The molecule has 3 amide bonds. The number of likely N-dealkylation sites (tertiary alicyclic amines) is 1. The molecule has 0 aliphatic carbocycles. The van der Waals surface area contributed by atoms with Gasteiger partial charge in [0.2, 0.25) is 17.7 Å². The molecule has 0 radical (unpaired) electrons. The Hall–Kier alpha value is -3.05. The molecule has 0 saturated carbocycles. The summed E-state index contributed by atoms with van der Waals surface area (Å²) in [4.78, 5) is 54.9. The SMILES string of the molecule is CC(C)C(NC(=O)C1CCCN1C(=O)C(N)Cc1c[nH]c2ccccc12)C(=O)NC(CS)C(=O)O. The molecule has 0 spiro atoms. The number of carboxylic acids is 1. The van der Waals surface area contributed by atoms with E-state index in [2.05, 4.69) is 28.2 Å². The summed E-state index contributed by atoms with van der Waals surface area (Å²) in [5.74, 6) is -2.98. The van der Waals surface area contributed by atoms with E-state index in [1.807, 2.05) is 30.5 Å². The topological polar surface area (TPSA) is 158 Å². The molecule has 0 bridgehead atoms. The lowest BCUT2D eigenvalue weighted by atomic mass is 10.0. The first kappa shape index (κ1) is 26.6. The average Bonchev–Trinajstić information content (AvgIpc) is 3.47. The Balaban J connectivity index is 1.66. The van der Waals surface area contributed by atoms with Gasteiger partial charge in [0.1, 0.15) is 18.1 Å². The zero-order valence-corrected chi connectivity index (χ0v) is 20.8. The summed E-state index contributed by atoms with van der Waals surface area (Å²) in [6, 6.07) is 4.06. The number of para-hydroxylation sites is 1. The maximum atomic E-state index is 13.2. The van der Waals surface area contributed by atoms with Crippen molar-refractivity contribution in [1.82, 2.24) is 20.5 Å². The second-order valence-electron chi connectivity index (χ2n) is 9.17. The van der Waals surface area contributed by atoms with Gasteiger partial charge >= 0.3 is 5.97 Å². The number of nitrogens with zero attached hydrogens (tertiary/aromatic N) is 1. The summed E-state index contributed by atoms with van der Waals surface area (Å²) >= 11 is 3.95. The second-order valence-corrected chi connectivity index (χ2v) is 9.54. The molecule has 1 fully saturated rings. The maximum Gasteiger partial charge on any atom is 0.327 e. The summed E-state index contributed by atoms with van der Waals surface area (Å²) in [6.07, 6.45) is 3.26. The number of aromatic nitrogens is 1. The van der Waals surface area contributed by atoms with Gasteiger partial charge in [-0.25, -0.2) is 4.79 Å². The molecule has 2 aromatic rings. The Labute approximate surface area is 209 Å². The molecule has 1 aliphatic rings. The summed E-state index contributed by atoms with van der Waals surface area (Å²) in [5.41, 5.74) is 8.16. The van der Waals surface area contributed by atoms with Gasteiger partial charge in [-0.3, -0.25) is 14.4 Å². The molecule has 10 nitrogen and oxygen atoms in total. The van der Waals surface area contributed by atoms with Gasteiger partial charge in [-0.05, 0) is 36.8 Å². The highest BCUT2D eigenvalue weighted by atomic mass is 32.1. The van der Waals surface area contributed by atoms with Crippen LogP contribution in [0, 0.1) is 5.92 Å². The van der Waals surface area contributed by atoms with E-state index in [0.717, 1.165) is 16.5 Å². The van der Waals surface area contributed by atoms with Gasteiger partial charge in [-0.2, -0.15) is 12.6 Å². The predicted octanol–water partition coefficient (Wildman–Crippen LogP) is 0.669. The van der Waals surface area contributed by atoms with E-state index in [4.69, 9.17) is 5.73 Å². The van der Waals surface area contributed by atoms with Crippen LogP contribution in [0.1, 0.15) is 32.3 Å². The number of benzene rings is 1. The van der Waals surface area contributed by atoms with Crippen molar-refractivity contribution in [2.45, 2.75) is 57.3 Å². The highest BCUT2D eigenvalue weighted by Crippen LogP contribution is 2.22. The lowest BCUT2D eigenvalue weighted by Crippen LogP contribution is -2.58. The zero-order chi connectivity index (χ0) is 25.7. The fourth-order valence-electron chi connectivity index (χ4n) is 4.37. The Morgan fingerprint density at radius 2 is 1.94 bits per heavy atom. The van der Waals surface area contributed by atoms with Crippen LogP contribution in [0.3, 0.4) is 0 Å². The van der Waals surface area contributed by atoms with Crippen LogP contribution in [0.25, 0.3) is 10.9 Å². The average molecular weight is 504 g/mol. The predicted molar refractivity (Wildman–Crippen MR) is 135 cm³/mol. The molecule has 4 atom stereocenters.